The number of rotatable bonds is 6. The molecule has 2 aromatic carbocycles. The average Bonchev–Trinajstić information content (AvgIpc) is 3.19. The van der Waals surface area contributed by atoms with Crippen molar-refractivity contribution in [2.45, 2.75) is 27.9 Å². The standard InChI is InChI=1S/C19H21NO5S2/c21-19(12-14-26(22,23)16-7-3-1-4-8-16)20-13-11-18(15-20)27(24,25)17-9-5-2-6-10-17/h1-10,18H,11-15H2. The number of carbonyl (C=O) groups excluding carboxylic acids is 1. The molecule has 1 atom stereocenters. The van der Waals surface area contributed by atoms with Gasteiger partial charge in [-0.1, -0.05) is 36.4 Å². The lowest BCUT2D eigenvalue weighted by Crippen LogP contribution is -2.32. The van der Waals surface area contributed by atoms with Crippen LogP contribution in [0.5, 0.6) is 0 Å². The maximum atomic E-state index is 12.7. The van der Waals surface area contributed by atoms with Gasteiger partial charge < -0.3 is 4.90 Å². The number of hydrogen-bond acceptors (Lipinski definition) is 5. The van der Waals surface area contributed by atoms with Crippen LogP contribution in [-0.4, -0.2) is 51.7 Å². The molecular formula is C19H21NO5S2. The number of nitrogens with zero attached hydrogens (tertiary/aromatic N) is 1. The summed E-state index contributed by atoms with van der Waals surface area (Å²) in [6, 6.07) is 16.2. The third-order valence-electron chi connectivity index (χ3n) is 4.70. The number of amides is 1. The van der Waals surface area contributed by atoms with Gasteiger partial charge in [0.05, 0.1) is 20.8 Å². The van der Waals surface area contributed by atoms with Gasteiger partial charge in [-0.25, -0.2) is 16.8 Å². The van der Waals surface area contributed by atoms with Crippen molar-refractivity contribution in [2.75, 3.05) is 18.8 Å². The van der Waals surface area contributed by atoms with Gasteiger partial charge in [0.2, 0.25) is 5.91 Å². The van der Waals surface area contributed by atoms with Gasteiger partial charge in [0.15, 0.2) is 19.7 Å². The molecule has 27 heavy (non-hydrogen) atoms. The van der Waals surface area contributed by atoms with E-state index in [0.717, 1.165) is 0 Å². The van der Waals surface area contributed by atoms with E-state index in [1.165, 1.54) is 17.0 Å². The van der Waals surface area contributed by atoms with E-state index in [4.69, 9.17) is 0 Å². The van der Waals surface area contributed by atoms with Gasteiger partial charge in [-0.15, -0.1) is 0 Å². The Bertz CT molecular complexity index is 1000. The minimum atomic E-state index is -3.54. The first-order chi connectivity index (χ1) is 12.8. The van der Waals surface area contributed by atoms with E-state index >= 15 is 0 Å². The van der Waals surface area contributed by atoms with Crippen LogP contribution in [0.25, 0.3) is 0 Å². The highest BCUT2D eigenvalue weighted by atomic mass is 32.2. The van der Waals surface area contributed by atoms with Gasteiger partial charge in [0, 0.05) is 19.5 Å². The molecule has 6 nitrogen and oxygen atoms in total. The zero-order valence-electron chi connectivity index (χ0n) is 14.7. The Hall–Kier alpha value is -2.19. The lowest BCUT2D eigenvalue weighted by molar-refractivity contribution is -0.129. The molecule has 1 fully saturated rings. The highest BCUT2D eigenvalue weighted by Gasteiger charge is 2.36. The number of likely N-dealkylation sites (tertiary alicyclic amines) is 1. The van der Waals surface area contributed by atoms with Crippen molar-refractivity contribution < 1.29 is 21.6 Å². The topological polar surface area (TPSA) is 88.6 Å². The van der Waals surface area contributed by atoms with E-state index < -0.39 is 24.9 Å². The summed E-state index contributed by atoms with van der Waals surface area (Å²) in [5.41, 5.74) is 0. The van der Waals surface area contributed by atoms with Crippen LogP contribution < -0.4 is 0 Å². The molecule has 2 aromatic rings. The molecule has 1 aliphatic rings. The van der Waals surface area contributed by atoms with Crippen LogP contribution >= 0.6 is 0 Å². The fourth-order valence-electron chi connectivity index (χ4n) is 3.14. The summed E-state index contributed by atoms with van der Waals surface area (Å²) in [6.07, 6.45) is 0.198. The smallest absolute Gasteiger partial charge is 0.223 e. The SMILES string of the molecule is O=C(CCS(=O)(=O)c1ccccc1)N1CCC(S(=O)(=O)c2ccccc2)C1. The van der Waals surface area contributed by atoms with E-state index in [9.17, 15) is 21.6 Å². The maximum absolute atomic E-state index is 12.7. The van der Waals surface area contributed by atoms with Crippen LogP contribution in [0.1, 0.15) is 12.8 Å². The molecule has 0 N–H and O–H groups in total. The molecule has 0 radical (unpaired) electrons. The van der Waals surface area contributed by atoms with Crippen LogP contribution in [0.15, 0.2) is 70.5 Å². The predicted octanol–water partition coefficient (Wildman–Crippen LogP) is 1.93. The summed E-state index contributed by atoms with van der Waals surface area (Å²) in [7, 11) is -7.04. The Kier molecular flexibility index (Phi) is 5.67. The van der Waals surface area contributed by atoms with E-state index in [0.29, 0.717) is 13.0 Å². The van der Waals surface area contributed by atoms with Crippen LogP contribution in [0.2, 0.25) is 0 Å². The molecule has 0 bridgehead atoms. The molecule has 1 heterocycles. The van der Waals surface area contributed by atoms with Crippen molar-refractivity contribution in [3.05, 3.63) is 60.7 Å². The Labute approximate surface area is 159 Å². The minimum Gasteiger partial charge on any atom is -0.341 e. The third kappa shape index (κ3) is 4.39. The quantitative estimate of drug-likeness (QED) is 0.730. The Morgan fingerprint density at radius 1 is 0.889 bits per heavy atom. The molecule has 1 saturated heterocycles. The molecule has 0 aliphatic carbocycles. The summed E-state index contributed by atoms with van der Waals surface area (Å²) >= 11 is 0. The summed E-state index contributed by atoms with van der Waals surface area (Å²) < 4.78 is 49.9. The fourth-order valence-corrected chi connectivity index (χ4v) is 6.10. The predicted molar refractivity (Wildman–Crippen MR) is 102 cm³/mol. The van der Waals surface area contributed by atoms with Gasteiger partial charge in [-0.2, -0.15) is 0 Å². The fraction of sp³-hybridized carbons (Fsp3) is 0.316. The van der Waals surface area contributed by atoms with E-state index in [1.807, 2.05) is 0 Å². The first-order valence-electron chi connectivity index (χ1n) is 8.65. The molecule has 0 saturated carbocycles. The van der Waals surface area contributed by atoms with Gasteiger partial charge >= 0.3 is 0 Å². The second-order valence-corrected chi connectivity index (χ2v) is 10.8. The van der Waals surface area contributed by atoms with Crippen LogP contribution in [0.4, 0.5) is 0 Å². The monoisotopic (exact) mass is 407 g/mol. The van der Waals surface area contributed by atoms with E-state index in [1.54, 1.807) is 48.5 Å². The lowest BCUT2D eigenvalue weighted by atomic mass is 10.4. The first-order valence-corrected chi connectivity index (χ1v) is 11.8. The highest BCUT2D eigenvalue weighted by molar-refractivity contribution is 7.92. The van der Waals surface area contributed by atoms with E-state index in [-0.39, 0.29) is 34.4 Å². The van der Waals surface area contributed by atoms with Crippen molar-refractivity contribution >= 4 is 25.6 Å². The Balaban J connectivity index is 1.61. The largest absolute Gasteiger partial charge is 0.341 e. The van der Waals surface area contributed by atoms with Gasteiger partial charge in [-0.3, -0.25) is 4.79 Å². The van der Waals surface area contributed by atoms with Crippen LogP contribution in [-0.2, 0) is 24.5 Å². The molecular weight excluding hydrogens is 386 g/mol. The Morgan fingerprint density at radius 2 is 1.44 bits per heavy atom. The van der Waals surface area contributed by atoms with Gasteiger partial charge in [0.25, 0.3) is 0 Å². The lowest BCUT2D eigenvalue weighted by Gasteiger charge is -2.17. The summed E-state index contributed by atoms with van der Waals surface area (Å²) in [5.74, 6) is -0.622. The van der Waals surface area contributed by atoms with Gasteiger partial charge in [0.1, 0.15) is 0 Å². The zero-order chi connectivity index (χ0) is 19.5. The maximum Gasteiger partial charge on any atom is 0.223 e. The van der Waals surface area contributed by atoms with Crippen molar-refractivity contribution in [1.82, 2.24) is 4.90 Å². The number of hydrogen-bond donors (Lipinski definition) is 0. The van der Waals surface area contributed by atoms with Crippen LogP contribution in [0, 0.1) is 0 Å². The molecule has 8 heteroatoms. The number of carbonyl (C=O) groups is 1. The van der Waals surface area contributed by atoms with Crippen LogP contribution in [0.3, 0.4) is 0 Å². The second-order valence-electron chi connectivity index (χ2n) is 6.49. The minimum absolute atomic E-state index is 0.0987. The molecule has 0 spiro atoms. The Morgan fingerprint density at radius 3 is 2.04 bits per heavy atom. The zero-order valence-corrected chi connectivity index (χ0v) is 16.3. The summed E-state index contributed by atoms with van der Waals surface area (Å²) in [4.78, 5) is 14.3. The molecule has 1 amide bonds. The van der Waals surface area contributed by atoms with Crippen molar-refractivity contribution in [3.63, 3.8) is 0 Å². The number of benzene rings is 2. The summed E-state index contributed by atoms with van der Waals surface area (Å²) in [6.45, 7) is 0.419. The van der Waals surface area contributed by atoms with Crippen molar-refractivity contribution in [1.29, 1.82) is 0 Å². The van der Waals surface area contributed by atoms with Crippen molar-refractivity contribution in [2.24, 2.45) is 0 Å². The third-order valence-corrected chi connectivity index (χ3v) is 8.62. The first kappa shape index (κ1) is 19.6. The average molecular weight is 408 g/mol. The molecule has 1 unspecified atom stereocenters. The normalized spacial score (nSPS) is 17.8. The highest BCUT2D eigenvalue weighted by Crippen LogP contribution is 2.24. The summed E-state index contributed by atoms with van der Waals surface area (Å²) in [5, 5.41) is -0.658. The number of sulfone groups is 2. The molecule has 1 aliphatic heterocycles. The molecule has 144 valence electrons. The van der Waals surface area contributed by atoms with E-state index in [2.05, 4.69) is 0 Å². The second kappa shape index (κ2) is 7.82. The molecule has 0 aromatic heterocycles. The molecule has 3 rings (SSSR count). The van der Waals surface area contributed by atoms with Gasteiger partial charge in [-0.05, 0) is 30.7 Å². The van der Waals surface area contributed by atoms with Crippen molar-refractivity contribution in [3.8, 4) is 0 Å².